The Bertz CT molecular complexity index is 1220. The van der Waals surface area contributed by atoms with Crippen molar-refractivity contribution in [3.05, 3.63) is 60.2 Å². The van der Waals surface area contributed by atoms with Gasteiger partial charge in [-0.05, 0) is 62.4 Å². The van der Waals surface area contributed by atoms with Gasteiger partial charge in [0.15, 0.2) is 6.29 Å². The van der Waals surface area contributed by atoms with Crippen LogP contribution < -0.4 is 15.8 Å². The van der Waals surface area contributed by atoms with Gasteiger partial charge in [-0.1, -0.05) is 44.2 Å². The molecule has 0 radical (unpaired) electrons. The van der Waals surface area contributed by atoms with Crippen molar-refractivity contribution < 1.29 is 32.2 Å². The van der Waals surface area contributed by atoms with Crippen LogP contribution in [-0.4, -0.2) is 75.7 Å². The van der Waals surface area contributed by atoms with E-state index in [1.54, 1.807) is 24.3 Å². The average molecular weight is 590 g/mol. The molecule has 4 rings (SSSR count). The molecule has 0 aliphatic carbocycles. The number of alkyl carbamates (subject to hydrolysis) is 1. The van der Waals surface area contributed by atoms with Gasteiger partial charge >= 0.3 is 6.09 Å². The second-order valence-electron chi connectivity index (χ2n) is 11.4. The quantitative estimate of drug-likeness (QED) is 0.363. The number of nitrogens with one attached hydrogen (secondary N) is 1. The number of carbonyl (C=O) groups excluding carboxylic acids is 1. The molecule has 10 nitrogen and oxygen atoms in total. The van der Waals surface area contributed by atoms with Crippen LogP contribution in [0, 0.1) is 11.8 Å². The number of benzene rings is 2. The molecule has 2 heterocycles. The van der Waals surface area contributed by atoms with Crippen LogP contribution in [0.25, 0.3) is 0 Å². The molecule has 5 atom stereocenters. The highest BCUT2D eigenvalue weighted by molar-refractivity contribution is 7.89. The monoisotopic (exact) mass is 589 g/mol. The van der Waals surface area contributed by atoms with Crippen LogP contribution >= 0.6 is 0 Å². The van der Waals surface area contributed by atoms with E-state index in [1.807, 2.05) is 58.0 Å². The Labute approximate surface area is 243 Å². The van der Waals surface area contributed by atoms with Crippen LogP contribution in [0.5, 0.6) is 5.75 Å². The second-order valence-corrected chi connectivity index (χ2v) is 13.4. The minimum atomic E-state index is -3.88. The third-order valence-corrected chi connectivity index (χ3v) is 9.02. The topological polar surface area (TPSA) is 129 Å². The highest BCUT2D eigenvalue weighted by atomic mass is 32.2. The van der Waals surface area contributed by atoms with E-state index < -0.39 is 34.3 Å². The molecule has 0 spiro atoms. The van der Waals surface area contributed by atoms with Crippen molar-refractivity contribution in [1.29, 1.82) is 0 Å². The second kappa shape index (κ2) is 14.0. The highest BCUT2D eigenvalue weighted by Crippen LogP contribution is 2.33. The van der Waals surface area contributed by atoms with Gasteiger partial charge in [0.1, 0.15) is 11.9 Å². The van der Waals surface area contributed by atoms with Gasteiger partial charge in [0.2, 0.25) is 10.0 Å². The maximum Gasteiger partial charge on any atom is 0.407 e. The molecule has 0 saturated carbocycles. The molecule has 2 aliphatic rings. The molecule has 2 aromatic rings. The Morgan fingerprint density at radius 1 is 1.05 bits per heavy atom. The summed E-state index contributed by atoms with van der Waals surface area (Å²) in [7, 11) is -3.88. The first-order valence-electron chi connectivity index (χ1n) is 14.3. The smallest absolute Gasteiger partial charge is 0.407 e. The van der Waals surface area contributed by atoms with Gasteiger partial charge in [-0.2, -0.15) is 4.31 Å². The van der Waals surface area contributed by atoms with Gasteiger partial charge in [-0.15, -0.1) is 0 Å². The van der Waals surface area contributed by atoms with Gasteiger partial charge in [-0.3, -0.25) is 0 Å². The molecule has 3 N–H and O–H groups in total. The maximum absolute atomic E-state index is 13.8. The molecule has 11 heteroatoms. The van der Waals surface area contributed by atoms with E-state index in [1.165, 1.54) is 4.31 Å². The number of nitrogens with zero attached hydrogens (tertiary/aromatic N) is 1. The summed E-state index contributed by atoms with van der Waals surface area (Å²) in [5.74, 6) is 0.654. The molecule has 2 aliphatic heterocycles. The van der Waals surface area contributed by atoms with E-state index in [-0.39, 0.29) is 48.8 Å². The fourth-order valence-corrected chi connectivity index (χ4v) is 6.84. The standard InChI is InChI=1S/C30H43N3O7S/c1-20(2)17-33(41(35,36)24-12-10-23(11-13-24)39-21(3)4)18-26(31)27(16-22-8-6-5-7-9-22)32-30(34)40-28-19-38-29-25(28)14-15-37-29/h5-13,20-21,25-29H,14-19,31H2,1-4H3,(H,32,34)/t25-,26+,27-,28-,29+/m0/s1. The maximum atomic E-state index is 13.8. The molecule has 0 bridgehead atoms. The van der Waals surface area contributed by atoms with Crippen LogP contribution in [-0.2, 0) is 30.7 Å². The van der Waals surface area contributed by atoms with Crippen molar-refractivity contribution in [2.75, 3.05) is 26.3 Å². The van der Waals surface area contributed by atoms with E-state index in [4.69, 9.17) is 24.7 Å². The van der Waals surface area contributed by atoms with Gasteiger partial charge in [-0.25, -0.2) is 13.2 Å². The van der Waals surface area contributed by atoms with Crippen LogP contribution in [0.15, 0.2) is 59.5 Å². The fourth-order valence-electron chi connectivity index (χ4n) is 5.20. The van der Waals surface area contributed by atoms with Gasteiger partial charge in [0.25, 0.3) is 0 Å². The molecule has 1 amide bonds. The lowest BCUT2D eigenvalue weighted by atomic mass is 9.99. The third kappa shape index (κ3) is 8.42. The number of hydrogen-bond donors (Lipinski definition) is 2. The van der Waals surface area contributed by atoms with Crippen molar-refractivity contribution in [2.45, 2.75) is 76.0 Å². The van der Waals surface area contributed by atoms with E-state index in [0.29, 0.717) is 18.8 Å². The number of sulfonamides is 1. The Morgan fingerprint density at radius 3 is 2.41 bits per heavy atom. The molecular formula is C30H43N3O7S. The minimum Gasteiger partial charge on any atom is -0.491 e. The van der Waals surface area contributed by atoms with Crippen molar-refractivity contribution in [2.24, 2.45) is 17.6 Å². The zero-order valence-electron chi connectivity index (χ0n) is 24.3. The van der Waals surface area contributed by atoms with E-state index in [2.05, 4.69) is 5.32 Å². The summed E-state index contributed by atoms with van der Waals surface area (Å²) in [6.45, 7) is 8.86. The first-order chi connectivity index (χ1) is 19.5. The predicted molar refractivity (Wildman–Crippen MR) is 155 cm³/mol. The Hall–Kier alpha value is -2.70. The number of nitrogens with two attached hydrogens (primary N) is 1. The Balaban J connectivity index is 1.50. The summed E-state index contributed by atoms with van der Waals surface area (Å²) in [5.41, 5.74) is 7.66. The number of ether oxygens (including phenoxy) is 4. The van der Waals surface area contributed by atoms with Crippen molar-refractivity contribution in [1.82, 2.24) is 9.62 Å². The molecular weight excluding hydrogens is 546 g/mol. The Morgan fingerprint density at radius 2 is 1.76 bits per heavy atom. The van der Waals surface area contributed by atoms with E-state index in [9.17, 15) is 13.2 Å². The molecule has 2 fully saturated rings. The summed E-state index contributed by atoms with van der Waals surface area (Å²) in [6.07, 6.45) is -0.205. The number of hydrogen-bond acceptors (Lipinski definition) is 8. The summed E-state index contributed by atoms with van der Waals surface area (Å²) >= 11 is 0. The number of rotatable bonds is 13. The zero-order chi connectivity index (χ0) is 29.6. The van der Waals surface area contributed by atoms with E-state index in [0.717, 1.165) is 12.0 Å². The van der Waals surface area contributed by atoms with Crippen LogP contribution in [0.4, 0.5) is 4.79 Å². The lowest BCUT2D eigenvalue weighted by Gasteiger charge is -2.31. The van der Waals surface area contributed by atoms with Crippen LogP contribution in [0.3, 0.4) is 0 Å². The molecule has 226 valence electrons. The minimum absolute atomic E-state index is 0.00556. The molecule has 0 aromatic heterocycles. The normalized spacial score (nSPS) is 22.1. The fraction of sp³-hybridized carbons (Fsp3) is 0.567. The lowest BCUT2D eigenvalue weighted by molar-refractivity contribution is -0.0907. The van der Waals surface area contributed by atoms with Crippen molar-refractivity contribution in [3.63, 3.8) is 0 Å². The lowest BCUT2D eigenvalue weighted by Crippen LogP contribution is -2.55. The summed E-state index contributed by atoms with van der Waals surface area (Å²) < 4.78 is 51.5. The van der Waals surface area contributed by atoms with Gasteiger partial charge < -0.3 is 30.0 Å². The summed E-state index contributed by atoms with van der Waals surface area (Å²) in [4.78, 5) is 13.2. The largest absolute Gasteiger partial charge is 0.491 e. The first kappa shape index (κ1) is 31.2. The predicted octanol–water partition coefficient (Wildman–Crippen LogP) is 3.55. The number of amides is 1. The highest BCUT2D eigenvalue weighted by Gasteiger charge is 2.44. The first-order valence-corrected chi connectivity index (χ1v) is 15.7. The van der Waals surface area contributed by atoms with Gasteiger partial charge in [0.05, 0.1) is 36.2 Å². The Kier molecular flexibility index (Phi) is 10.6. The third-order valence-electron chi connectivity index (χ3n) is 7.18. The molecule has 41 heavy (non-hydrogen) atoms. The van der Waals surface area contributed by atoms with Crippen molar-refractivity contribution in [3.8, 4) is 5.75 Å². The SMILES string of the molecule is CC(C)CN(C[C@@H](N)[C@H](Cc1ccccc1)NC(=O)O[C@H]1CO[C@H]2OCC[C@H]21)S(=O)(=O)c1ccc(OC(C)C)cc1. The van der Waals surface area contributed by atoms with Gasteiger partial charge in [0, 0.05) is 19.1 Å². The number of carbonyl (C=O) groups is 1. The molecule has 2 aromatic carbocycles. The van der Waals surface area contributed by atoms with Crippen molar-refractivity contribution >= 4 is 16.1 Å². The summed E-state index contributed by atoms with van der Waals surface area (Å²) in [5, 5.41) is 2.93. The molecule has 2 saturated heterocycles. The van der Waals surface area contributed by atoms with Crippen LogP contribution in [0.2, 0.25) is 0 Å². The summed E-state index contributed by atoms with van der Waals surface area (Å²) in [6, 6.07) is 14.7. The zero-order valence-corrected chi connectivity index (χ0v) is 25.1. The molecule has 0 unspecified atom stereocenters. The average Bonchev–Trinajstić information content (AvgIpc) is 3.53. The number of fused-ring (bicyclic) bond motifs is 1. The van der Waals surface area contributed by atoms with Crippen LogP contribution in [0.1, 0.15) is 39.7 Å². The van der Waals surface area contributed by atoms with E-state index >= 15 is 0 Å².